The molecule has 0 unspecified atom stereocenters. The number of alkyl halides is 1. The van der Waals surface area contributed by atoms with Crippen molar-refractivity contribution in [3.63, 3.8) is 0 Å². The Kier molecular flexibility index (Phi) is 3.01. The molecule has 0 aromatic heterocycles. The smallest absolute Gasteiger partial charge is 0.119 e. The van der Waals surface area contributed by atoms with Crippen molar-refractivity contribution in [2.75, 3.05) is 0 Å². The zero-order valence-electron chi connectivity index (χ0n) is 8.26. The van der Waals surface area contributed by atoms with E-state index in [1.54, 1.807) is 6.07 Å². The van der Waals surface area contributed by atoms with Crippen LogP contribution in [-0.2, 0) is 10.7 Å². The molecule has 0 aliphatic heterocycles. The minimum absolute atomic E-state index is 0.143. The van der Waals surface area contributed by atoms with Gasteiger partial charge in [0.05, 0.1) is 0 Å². The minimum atomic E-state index is 0.143. The fourth-order valence-electron chi connectivity index (χ4n) is 1.16. The van der Waals surface area contributed by atoms with E-state index in [0.717, 1.165) is 5.56 Å². The van der Waals surface area contributed by atoms with Crippen LogP contribution in [-0.4, -0.2) is 5.11 Å². The zero-order valence-corrected chi connectivity index (χ0v) is 9.85. The predicted octanol–water partition coefficient (Wildman–Crippen LogP) is 3.58. The van der Waals surface area contributed by atoms with Gasteiger partial charge in [0.15, 0.2) is 0 Å². The maximum atomic E-state index is 9.47. The molecule has 0 spiro atoms. The fourth-order valence-corrected chi connectivity index (χ4v) is 1.61. The number of hydrogen-bond acceptors (Lipinski definition) is 1. The maximum absolute atomic E-state index is 9.47. The van der Waals surface area contributed by atoms with Crippen molar-refractivity contribution in [3.8, 4) is 5.75 Å². The third kappa shape index (κ3) is 2.47. The number of hydrogen-bond donors (Lipinski definition) is 1. The first-order valence-corrected chi connectivity index (χ1v) is 5.45. The van der Waals surface area contributed by atoms with Crippen LogP contribution >= 0.6 is 15.9 Å². The summed E-state index contributed by atoms with van der Waals surface area (Å²) in [6.07, 6.45) is 0. The van der Waals surface area contributed by atoms with Crippen LogP contribution in [0.2, 0.25) is 0 Å². The molecule has 0 fully saturated rings. The van der Waals surface area contributed by atoms with Crippen molar-refractivity contribution < 1.29 is 5.11 Å². The molecule has 0 heterocycles. The van der Waals surface area contributed by atoms with Crippen LogP contribution in [0.1, 0.15) is 31.9 Å². The van der Waals surface area contributed by atoms with Gasteiger partial charge in [-0.15, -0.1) is 0 Å². The molecule has 1 N–H and O–H groups in total. The van der Waals surface area contributed by atoms with Crippen LogP contribution in [0.15, 0.2) is 18.2 Å². The van der Waals surface area contributed by atoms with E-state index in [1.165, 1.54) is 5.56 Å². The lowest BCUT2D eigenvalue weighted by Crippen LogP contribution is -2.11. The average molecular weight is 243 g/mol. The van der Waals surface area contributed by atoms with Crippen LogP contribution in [0, 0.1) is 0 Å². The molecule has 0 saturated heterocycles. The second kappa shape index (κ2) is 3.70. The highest BCUT2D eigenvalue weighted by atomic mass is 79.9. The molecule has 1 nitrogen and oxygen atoms in total. The monoisotopic (exact) mass is 242 g/mol. The van der Waals surface area contributed by atoms with Crippen molar-refractivity contribution in [1.29, 1.82) is 0 Å². The molecule has 0 bridgehead atoms. The normalized spacial score (nSPS) is 11.7. The van der Waals surface area contributed by atoms with Crippen LogP contribution in [0.3, 0.4) is 0 Å². The van der Waals surface area contributed by atoms with E-state index in [1.807, 2.05) is 12.1 Å². The van der Waals surface area contributed by atoms with Gasteiger partial charge in [-0.05, 0) is 17.0 Å². The van der Waals surface area contributed by atoms with E-state index in [4.69, 9.17) is 0 Å². The summed E-state index contributed by atoms with van der Waals surface area (Å²) >= 11 is 3.35. The maximum Gasteiger partial charge on any atom is 0.119 e. The Morgan fingerprint density at radius 1 is 1.31 bits per heavy atom. The summed E-state index contributed by atoms with van der Waals surface area (Å²) in [5.41, 5.74) is 2.34. The Balaban J connectivity index is 3.14. The molecular weight excluding hydrogens is 228 g/mol. The van der Waals surface area contributed by atoms with E-state index < -0.39 is 0 Å². The van der Waals surface area contributed by atoms with Gasteiger partial charge >= 0.3 is 0 Å². The Morgan fingerprint density at radius 3 is 2.38 bits per heavy atom. The molecule has 0 radical (unpaired) electrons. The Bertz CT molecular complexity index is 299. The quantitative estimate of drug-likeness (QED) is 0.747. The van der Waals surface area contributed by atoms with Crippen molar-refractivity contribution in [2.24, 2.45) is 0 Å². The summed E-state index contributed by atoms with van der Waals surface area (Å²) < 4.78 is 0. The molecule has 0 aliphatic carbocycles. The van der Waals surface area contributed by atoms with Crippen LogP contribution in [0.5, 0.6) is 5.75 Å². The van der Waals surface area contributed by atoms with Gasteiger partial charge in [0.25, 0.3) is 0 Å². The zero-order chi connectivity index (χ0) is 10.1. The molecule has 1 aromatic rings. The largest absolute Gasteiger partial charge is 0.508 e. The van der Waals surface area contributed by atoms with Crippen LogP contribution in [0.25, 0.3) is 0 Å². The number of phenolic OH excluding ortho intramolecular Hbond substituents is 1. The first kappa shape index (κ1) is 10.6. The average Bonchev–Trinajstić information content (AvgIpc) is 2.03. The Hall–Kier alpha value is -0.500. The number of halogens is 1. The van der Waals surface area contributed by atoms with E-state index in [-0.39, 0.29) is 5.41 Å². The lowest BCUT2D eigenvalue weighted by Gasteiger charge is -2.19. The SMILES string of the molecule is CC(C)(C)c1ccc(O)c(CBr)c1. The number of benzene rings is 1. The summed E-state index contributed by atoms with van der Waals surface area (Å²) in [5.74, 6) is 0.366. The summed E-state index contributed by atoms with van der Waals surface area (Å²) in [6.45, 7) is 6.49. The first-order chi connectivity index (χ1) is 5.95. The van der Waals surface area contributed by atoms with Crippen LogP contribution in [0.4, 0.5) is 0 Å². The van der Waals surface area contributed by atoms with Gasteiger partial charge in [0, 0.05) is 10.9 Å². The van der Waals surface area contributed by atoms with Gasteiger partial charge in [0.1, 0.15) is 5.75 Å². The third-order valence-electron chi connectivity index (χ3n) is 2.09. The number of aromatic hydroxyl groups is 1. The molecule has 13 heavy (non-hydrogen) atoms. The summed E-state index contributed by atoms with van der Waals surface area (Å²) in [6, 6.07) is 5.78. The third-order valence-corrected chi connectivity index (χ3v) is 2.69. The number of phenols is 1. The highest BCUT2D eigenvalue weighted by Gasteiger charge is 2.14. The second-order valence-corrected chi connectivity index (χ2v) is 4.79. The minimum Gasteiger partial charge on any atom is -0.508 e. The molecule has 72 valence electrons. The van der Waals surface area contributed by atoms with Gasteiger partial charge in [-0.1, -0.05) is 48.8 Å². The number of rotatable bonds is 1. The molecular formula is C11H15BrO. The summed E-state index contributed by atoms with van der Waals surface area (Å²) in [5, 5.41) is 10.2. The van der Waals surface area contributed by atoms with Crippen molar-refractivity contribution >= 4 is 15.9 Å². The van der Waals surface area contributed by atoms with Crippen molar-refractivity contribution in [3.05, 3.63) is 29.3 Å². The van der Waals surface area contributed by atoms with E-state index in [9.17, 15) is 5.11 Å². The molecule has 0 aliphatic rings. The van der Waals surface area contributed by atoms with Crippen molar-refractivity contribution in [2.45, 2.75) is 31.5 Å². The molecule has 0 saturated carbocycles. The van der Waals surface area contributed by atoms with Crippen LogP contribution < -0.4 is 0 Å². The fraction of sp³-hybridized carbons (Fsp3) is 0.455. The lowest BCUT2D eigenvalue weighted by atomic mass is 9.86. The standard InChI is InChI=1S/C11H15BrO/c1-11(2,3)9-4-5-10(13)8(6-9)7-12/h4-6,13H,7H2,1-3H3. The highest BCUT2D eigenvalue weighted by molar-refractivity contribution is 9.08. The molecule has 2 heteroatoms. The van der Waals surface area contributed by atoms with E-state index in [0.29, 0.717) is 11.1 Å². The van der Waals surface area contributed by atoms with Gasteiger partial charge in [-0.25, -0.2) is 0 Å². The Labute approximate surface area is 87.9 Å². The van der Waals surface area contributed by atoms with E-state index in [2.05, 4.69) is 36.7 Å². The Morgan fingerprint density at radius 2 is 1.92 bits per heavy atom. The topological polar surface area (TPSA) is 20.2 Å². The molecule has 0 amide bonds. The van der Waals surface area contributed by atoms with Crippen molar-refractivity contribution in [1.82, 2.24) is 0 Å². The first-order valence-electron chi connectivity index (χ1n) is 4.33. The summed E-state index contributed by atoms with van der Waals surface area (Å²) in [7, 11) is 0. The molecule has 0 atom stereocenters. The molecule has 1 aromatic carbocycles. The predicted molar refractivity (Wildman–Crippen MR) is 59.4 cm³/mol. The summed E-state index contributed by atoms with van der Waals surface area (Å²) in [4.78, 5) is 0. The van der Waals surface area contributed by atoms with Gasteiger partial charge in [-0.2, -0.15) is 0 Å². The van der Waals surface area contributed by atoms with Gasteiger partial charge < -0.3 is 5.11 Å². The molecule has 1 rings (SSSR count). The highest BCUT2D eigenvalue weighted by Crippen LogP contribution is 2.28. The lowest BCUT2D eigenvalue weighted by molar-refractivity contribution is 0.469. The van der Waals surface area contributed by atoms with Gasteiger partial charge in [0.2, 0.25) is 0 Å². The van der Waals surface area contributed by atoms with E-state index >= 15 is 0 Å². The second-order valence-electron chi connectivity index (χ2n) is 4.23. The van der Waals surface area contributed by atoms with Gasteiger partial charge in [-0.3, -0.25) is 0 Å².